The molecule has 1 fully saturated rings. The van der Waals surface area contributed by atoms with E-state index in [1.54, 1.807) is 6.07 Å². The highest BCUT2D eigenvalue weighted by Gasteiger charge is 2.36. The van der Waals surface area contributed by atoms with Gasteiger partial charge in [-0.3, -0.25) is 0 Å². The first-order valence-electron chi connectivity index (χ1n) is 7.64. The van der Waals surface area contributed by atoms with E-state index in [1.165, 1.54) is 0 Å². The number of hydrogen-bond acceptors (Lipinski definition) is 2. The number of nitrogens with one attached hydrogen (secondary N) is 1. The molecular formula is C17H27FN2. The van der Waals surface area contributed by atoms with Crippen LogP contribution in [0.5, 0.6) is 0 Å². The summed E-state index contributed by atoms with van der Waals surface area (Å²) in [5, 5.41) is 3.67. The fourth-order valence-electron chi connectivity index (χ4n) is 2.89. The Bertz CT molecular complexity index is 472. The Labute approximate surface area is 122 Å². The molecule has 0 saturated carbocycles. The third-order valence-electron chi connectivity index (χ3n) is 4.69. The zero-order chi connectivity index (χ0) is 14.9. The first-order valence-corrected chi connectivity index (χ1v) is 7.64. The van der Waals surface area contributed by atoms with Crippen LogP contribution in [0.4, 0.5) is 10.1 Å². The molecule has 1 aromatic carbocycles. The quantitative estimate of drug-likeness (QED) is 0.906. The van der Waals surface area contributed by atoms with Crippen molar-refractivity contribution < 1.29 is 4.39 Å². The van der Waals surface area contributed by atoms with Crippen LogP contribution in [0.2, 0.25) is 0 Å². The summed E-state index contributed by atoms with van der Waals surface area (Å²) in [6.45, 7) is 12.6. The van der Waals surface area contributed by atoms with Crippen molar-refractivity contribution in [2.24, 2.45) is 5.92 Å². The summed E-state index contributed by atoms with van der Waals surface area (Å²) < 4.78 is 13.9. The van der Waals surface area contributed by atoms with Crippen molar-refractivity contribution in [3.63, 3.8) is 0 Å². The van der Waals surface area contributed by atoms with E-state index in [4.69, 9.17) is 0 Å². The second-order valence-electron chi connectivity index (χ2n) is 6.67. The summed E-state index contributed by atoms with van der Waals surface area (Å²) in [5.41, 5.74) is 1.82. The van der Waals surface area contributed by atoms with Gasteiger partial charge in [0.25, 0.3) is 0 Å². The van der Waals surface area contributed by atoms with E-state index in [9.17, 15) is 4.39 Å². The predicted octanol–water partition coefficient (Wildman–Crippen LogP) is 3.74. The average Bonchev–Trinajstić information content (AvgIpc) is 2.41. The lowest BCUT2D eigenvalue weighted by Gasteiger charge is -2.48. The molecule has 1 saturated heterocycles. The smallest absolute Gasteiger partial charge is 0.128 e. The van der Waals surface area contributed by atoms with Gasteiger partial charge in [-0.1, -0.05) is 26.8 Å². The zero-order valence-electron chi connectivity index (χ0n) is 13.3. The molecule has 0 bridgehead atoms. The molecule has 2 rings (SSSR count). The molecule has 0 aliphatic carbocycles. The molecule has 0 aromatic heterocycles. The van der Waals surface area contributed by atoms with Gasteiger partial charge >= 0.3 is 0 Å². The van der Waals surface area contributed by atoms with Gasteiger partial charge in [0, 0.05) is 30.4 Å². The lowest BCUT2D eigenvalue weighted by atomic mass is 9.89. The van der Waals surface area contributed by atoms with Crippen molar-refractivity contribution in [3.05, 3.63) is 29.6 Å². The molecule has 112 valence electrons. The van der Waals surface area contributed by atoms with Crippen LogP contribution in [0.3, 0.4) is 0 Å². The van der Waals surface area contributed by atoms with Gasteiger partial charge in [-0.15, -0.1) is 0 Å². The van der Waals surface area contributed by atoms with Crippen molar-refractivity contribution in [3.8, 4) is 0 Å². The van der Waals surface area contributed by atoms with Crippen molar-refractivity contribution in [2.75, 3.05) is 18.0 Å². The molecule has 2 nitrogen and oxygen atoms in total. The van der Waals surface area contributed by atoms with E-state index < -0.39 is 0 Å². The minimum Gasteiger partial charge on any atom is -0.365 e. The monoisotopic (exact) mass is 278 g/mol. The van der Waals surface area contributed by atoms with Crippen LogP contribution in [-0.4, -0.2) is 24.7 Å². The number of piperazine rings is 1. The van der Waals surface area contributed by atoms with E-state index >= 15 is 0 Å². The molecule has 1 aromatic rings. The molecule has 0 radical (unpaired) electrons. The Morgan fingerprint density at radius 3 is 2.70 bits per heavy atom. The fraction of sp³-hybridized carbons (Fsp3) is 0.647. The number of anilines is 1. The Morgan fingerprint density at radius 2 is 2.15 bits per heavy atom. The van der Waals surface area contributed by atoms with Crippen molar-refractivity contribution in [2.45, 2.75) is 52.6 Å². The maximum Gasteiger partial charge on any atom is 0.128 e. The van der Waals surface area contributed by atoms with Crippen LogP contribution in [0.1, 0.15) is 39.7 Å². The van der Waals surface area contributed by atoms with Gasteiger partial charge < -0.3 is 10.2 Å². The Balaban J connectivity index is 2.33. The van der Waals surface area contributed by atoms with Crippen LogP contribution in [0.25, 0.3) is 0 Å². The van der Waals surface area contributed by atoms with Crippen LogP contribution in [0, 0.1) is 18.7 Å². The van der Waals surface area contributed by atoms with Gasteiger partial charge in [0.1, 0.15) is 5.82 Å². The van der Waals surface area contributed by atoms with E-state index in [1.807, 2.05) is 13.0 Å². The molecule has 0 amide bonds. The number of halogens is 1. The lowest BCUT2D eigenvalue weighted by Crippen LogP contribution is -2.64. The standard InChI is InChI=1S/C17H27FN2/c1-6-17(5)11-20(16(10-19-17)12(2)3)14-8-7-13(4)15(18)9-14/h7-9,12,16,19H,6,10-11H2,1-5H3. The topological polar surface area (TPSA) is 15.3 Å². The van der Waals surface area contributed by atoms with Gasteiger partial charge in [0.05, 0.1) is 0 Å². The highest BCUT2D eigenvalue weighted by Crippen LogP contribution is 2.29. The summed E-state index contributed by atoms with van der Waals surface area (Å²) in [7, 11) is 0. The van der Waals surface area contributed by atoms with Gasteiger partial charge in [-0.2, -0.15) is 0 Å². The third kappa shape index (κ3) is 2.98. The molecule has 1 aliphatic heterocycles. The van der Waals surface area contributed by atoms with E-state index in [2.05, 4.69) is 44.0 Å². The number of hydrogen-bond donors (Lipinski definition) is 1. The highest BCUT2D eigenvalue weighted by atomic mass is 19.1. The molecule has 1 N–H and O–H groups in total. The molecule has 1 heterocycles. The number of aryl methyl sites for hydroxylation is 1. The molecular weight excluding hydrogens is 251 g/mol. The fourth-order valence-corrected chi connectivity index (χ4v) is 2.89. The molecule has 3 heteroatoms. The SMILES string of the molecule is CCC1(C)CN(c2ccc(C)c(F)c2)C(C(C)C)CN1. The lowest BCUT2D eigenvalue weighted by molar-refractivity contribution is 0.253. The Kier molecular flexibility index (Phi) is 4.38. The Hall–Kier alpha value is -1.09. The molecule has 0 spiro atoms. The Morgan fingerprint density at radius 1 is 1.45 bits per heavy atom. The summed E-state index contributed by atoms with van der Waals surface area (Å²) >= 11 is 0. The average molecular weight is 278 g/mol. The van der Waals surface area contributed by atoms with Gasteiger partial charge in [-0.25, -0.2) is 4.39 Å². The first kappa shape index (κ1) is 15.3. The van der Waals surface area contributed by atoms with Crippen molar-refractivity contribution in [1.29, 1.82) is 0 Å². The predicted molar refractivity (Wildman–Crippen MR) is 83.8 cm³/mol. The minimum absolute atomic E-state index is 0.104. The molecule has 2 unspecified atom stereocenters. The summed E-state index contributed by atoms with van der Waals surface area (Å²) in [6.07, 6.45) is 1.07. The van der Waals surface area contributed by atoms with Gasteiger partial charge in [0.2, 0.25) is 0 Å². The normalized spacial score (nSPS) is 27.1. The van der Waals surface area contributed by atoms with E-state index in [0.717, 1.165) is 25.2 Å². The van der Waals surface area contributed by atoms with Crippen LogP contribution in [0.15, 0.2) is 18.2 Å². The summed E-state index contributed by atoms with van der Waals surface area (Å²) in [5.74, 6) is 0.426. The first-order chi connectivity index (χ1) is 9.36. The van der Waals surface area contributed by atoms with Gasteiger partial charge in [-0.05, 0) is 43.9 Å². The minimum atomic E-state index is -0.109. The zero-order valence-corrected chi connectivity index (χ0v) is 13.3. The van der Waals surface area contributed by atoms with Crippen molar-refractivity contribution >= 4 is 5.69 Å². The largest absolute Gasteiger partial charge is 0.365 e. The van der Waals surface area contributed by atoms with Crippen molar-refractivity contribution in [1.82, 2.24) is 5.32 Å². The summed E-state index contributed by atoms with van der Waals surface area (Å²) in [6, 6.07) is 6.03. The van der Waals surface area contributed by atoms with Crippen LogP contribution >= 0.6 is 0 Å². The maximum absolute atomic E-state index is 13.9. The van der Waals surface area contributed by atoms with E-state index in [-0.39, 0.29) is 11.4 Å². The highest BCUT2D eigenvalue weighted by molar-refractivity contribution is 5.50. The molecule has 2 atom stereocenters. The van der Waals surface area contributed by atoms with Gasteiger partial charge in [0.15, 0.2) is 0 Å². The number of rotatable bonds is 3. The number of nitrogens with zero attached hydrogens (tertiary/aromatic N) is 1. The second kappa shape index (κ2) is 5.72. The third-order valence-corrected chi connectivity index (χ3v) is 4.69. The second-order valence-corrected chi connectivity index (χ2v) is 6.67. The van der Waals surface area contributed by atoms with Crippen LogP contribution < -0.4 is 10.2 Å². The summed E-state index contributed by atoms with van der Waals surface area (Å²) in [4.78, 5) is 2.38. The maximum atomic E-state index is 13.9. The number of benzene rings is 1. The van der Waals surface area contributed by atoms with E-state index in [0.29, 0.717) is 17.5 Å². The molecule has 20 heavy (non-hydrogen) atoms. The molecule has 1 aliphatic rings. The van der Waals surface area contributed by atoms with Crippen LogP contribution in [-0.2, 0) is 0 Å².